The molecular weight excluding hydrogens is 246 g/mol. The van der Waals surface area contributed by atoms with Crippen LogP contribution in [-0.2, 0) is 9.53 Å². The monoisotopic (exact) mass is 263 g/mol. The molecule has 0 fully saturated rings. The van der Waals surface area contributed by atoms with Crippen LogP contribution in [0.25, 0.3) is 0 Å². The first-order chi connectivity index (χ1) is 9.19. The Labute approximate surface area is 111 Å². The molecule has 0 radical (unpaired) electrons. The number of Topliss-reactive ketones (excluding diaryl/α,β-unsaturated/α-hetero) is 1. The number of ether oxygens (including phenoxy) is 1. The van der Waals surface area contributed by atoms with Crippen molar-refractivity contribution in [1.82, 2.24) is 0 Å². The average molecular weight is 263 g/mol. The molecule has 0 aliphatic heterocycles. The Morgan fingerprint density at radius 3 is 2.68 bits per heavy atom. The van der Waals surface area contributed by atoms with Crippen molar-refractivity contribution in [2.75, 3.05) is 18.6 Å². The first-order valence-corrected chi connectivity index (χ1v) is 6.09. The van der Waals surface area contributed by atoms with E-state index in [9.17, 15) is 9.59 Å². The van der Waals surface area contributed by atoms with E-state index in [2.05, 4.69) is 15.8 Å². The average Bonchev–Trinajstić information content (AvgIpc) is 2.43. The number of carbonyl (C=O) groups excluding carboxylic acids is 2. The van der Waals surface area contributed by atoms with Gasteiger partial charge in [0.25, 0.3) is 0 Å². The van der Waals surface area contributed by atoms with Crippen LogP contribution in [0.3, 0.4) is 0 Å². The number of carbonyl (C=O) groups is 2. The minimum atomic E-state index is -0.439. The number of anilines is 1. The molecule has 0 saturated carbocycles. The predicted molar refractivity (Wildman–Crippen MR) is 71.0 cm³/mol. The summed E-state index contributed by atoms with van der Waals surface area (Å²) in [5.41, 5.74) is 3.78. The molecule has 0 bridgehead atoms. The Morgan fingerprint density at radius 1 is 1.26 bits per heavy atom. The number of benzene rings is 1. The Morgan fingerprint density at radius 2 is 2.00 bits per heavy atom. The highest BCUT2D eigenvalue weighted by molar-refractivity contribution is 6.00. The van der Waals surface area contributed by atoms with Gasteiger partial charge in [0.15, 0.2) is 12.3 Å². The van der Waals surface area contributed by atoms with Crippen LogP contribution in [0.5, 0.6) is 0 Å². The third kappa shape index (κ3) is 4.87. The summed E-state index contributed by atoms with van der Waals surface area (Å²) in [7, 11) is 0. The fourth-order valence-electron chi connectivity index (χ4n) is 1.40. The number of rotatable bonds is 7. The van der Waals surface area contributed by atoms with Crippen LogP contribution in [0.4, 0.5) is 5.69 Å². The fraction of sp³-hybridized carbons (Fsp3) is 0.385. The van der Waals surface area contributed by atoms with Crippen LogP contribution in [0.1, 0.15) is 30.6 Å². The highest BCUT2D eigenvalue weighted by atomic mass is 16.5. The number of para-hydroxylation sites is 1. The summed E-state index contributed by atoms with van der Waals surface area (Å²) in [6, 6.07) is 7.01. The van der Waals surface area contributed by atoms with Gasteiger partial charge in [-0.2, -0.15) is 5.11 Å². The van der Waals surface area contributed by atoms with Gasteiger partial charge in [0.1, 0.15) is 0 Å². The summed E-state index contributed by atoms with van der Waals surface area (Å²) >= 11 is 0. The normalized spacial score (nSPS) is 10.4. The van der Waals surface area contributed by atoms with Crippen LogP contribution in [0.2, 0.25) is 0 Å². The van der Waals surface area contributed by atoms with Crippen LogP contribution >= 0.6 is 0 Å². The molecule has 1 aromatic carbocycles. The second-order valence-electron chi connectivity index (χ2n) is 3.64. The van der Waals surface area contributed by atoms with Gasteiger partial charge in [-0.3, -0.25) is 10.2 Å². The second kappa shape index (κ2) is 7.97. The molecule has 0 amide bonds. The van der Waals surface area contributed by atoms with Crippen molar-refractivity contribution in [3.05, 3.63) is 29.8 Å². The Kier molecular flexibility index (Phi) is 6.21. The van der Waals surface area contributed by atoms with Gasteiger partial charge >= 0.3 is 5.97 Å². The van der Waals surface area contributed by atoms with Crippen molar-refractivity contribution in [3.63, 3.8) is 0 Å². The Bertz CT molecular complexity index is 472. The molecule has 0 atom stereocenters. The number of nitrogens with one attached hydrogen (secondary N) is 1. The van der Waals surface area contributed by atoms with E-state index in [1.807, 2.05) is 0 Å². The van der Waals surface area contributed by atoms with Crippen LogP contribution in [0.15, 0.2) is 34.6 Å². The second-order valence-corrected chi connectivity index (χ2v) is 3.64. The lowest BCUT2D eigenvalue weighted by atomic mass is 10.1. The Balaban J connectivity index is 2.60. The highest BCUT2D eigenvalue weighted by Crippen LogP contribution is 2.16. The van der Waals surface area contributed by atoms with Crippen molar-refractivity contribution in [2.24, 2.45) is 10.3 Å². The van der Waals surface area contributed by atoms with Gasteiger partial charge < -0.3 is 4.74 Å². The number of esters is 1. The van der Waals surface area contributed by atoms with Gasteiger partial charge in [0, 0.05) is 12.0 Å². The maximum Gasteiger partial charge on any atom is 0.329 e. The molecule has 19 heavy (non-hydrogen) atoms. The quantitative estimate of drug-likeness (QED) is 0.355. The summed E-state index contributed by atoms with van der Waals surface area (Å²) in [5.74, 6) is -0.422. The molecule has 0 spiro atoms. The van der Waals surface area contributed by atoms with Crippen molar-refractivity contribution < 1.29 is 14.3 Å². The topological polar surface area (TPSA) is 80.1 Å². The van der Waals surface area contributed by atoms with Crippen LogP contribution in [-0.4, -0.2) is 24.9 Å². The third-order valence-corrected chi connectivity index (χ3v) is 2.29. The van der Waals surface area contributed by atoms with Gasteiger partial charge in [0.2, 0.25) is 0 Å². The van der Waals surface area contributed by atoms with Crippen LogP contribution in [0, 0.1) is 0 Å². The largest absolute Gasteiger partial charge is 0.465 e. The van der Waals surface area contributed by atoms with Crippen LogP contribution < -0.4 is 5.43 Å². The van der Waals surface area contributed by atoms with Crippen molar-refractivity contribution in [2.45, 2.75) is 20.3 Å². The zero-order valence-electron chi connectivity index (χ0n) is 11.0. The third-order valence-electron chi connectivity index (χ3n) is 2.29. The predicted octanol–water partition coefficient (Wildman–Crippen LogP) is 2.62. The van der Waals surface area contributed by atoms with E-state index in [1.54, 1.807) is 38.1 Å². The molecule has 0 aromatic heterocycles. The summed E-state index contributed by atoms with van der Waals surface area (Å²) in [6.07, 6.45) is 0.415. The molecule has 0 saturated heterocycles. The molecule has 1 N–H and O–H groups in total. The maximum absolute atomic E-state index is 11.7. The van der Waals surface area contributed by atoms with E-state index in [-0.39, 0.29) is 12.3 Å². The number of ketones is 1. The SMILES string of the molecule is CCOC(=O)CN=NNc1ccccc1C(=O)CC. The van der Waals surface area contributed by atoms with Gasteiger partial charge in [-0.1, -0.05) is 24.3 Å². The number of hydrogen-bond acceptors (Lipinski definition) is 5. The zero-order valence-corrected chi connectivity index (χ0v) is 11.0. The smallest absolute Gasteiger partial charge is 0.329 e. The van der Waals surface area contributed by atoms with E-state index in [4.69, 9.17) is 4.74 Å². The first-order valence-electron chi connectivity index (χ1n) is 6.09. The van der Waals surface area contributed by atoms with Gasteiger partial charge in [0.05, 0.1) is 12.3 Å². The zero-order chi connectivity index (χ0) is 14.1. The number of nitrogens with zero attached hydrogens (tertiary/aromatic N) is 2. The molecule has 6 nitrogen and oxygen atoms in total. The molecule has 6 heteroatoms. The van der Waals surface area contributed by atoms with E-state index >= 15 is 0 Å². The maximum atomic E-state index is 11.7. The molecule has 1 aromatic rings. The lowest BCUT2D eigenvalue weighted by Gasteiger charge is -2.05. The van der Waals surface area contributed by atoms with Crippen molar-refractivity contribution in [3.8, 4) is 0 Å². The number of hydrogen-bond donors (Lipinski definition) is 1. The lowest BCUT2D eigenvalue weighted by molar-refractivity contribution is -0.141. The van der Waals surface area contributed by atoms with Gasteiger partial charge in [-0.25, -0.2) is 4.79 Å². The van der Waals surface area contributed by atoms with Crippen molar-refractivity contribution in [1.29, 1.82) is 0 Å². The lowest BCUT2D eigenvalue weighted by Crippen LogP contribution is -2.07. The summed E-state index contributed by atoms with van der Waals surface area (Å²) in [4.78, 5) is 22.7. The molecule has 0 aliphatic rings. The molecule has 0 aliphatic carbocycles. The standard InChI is InChI=1S/C13H17N3O3/c1-3-12(17)10-7-5-6-8-11(10)15-16-14-9-13(18)19-4-2/h5-8H,3-4,9H2,1-2H3,(H,14,15). The minimum absolute atomic E-state index is 0.0173. The minimum Gasteiger partial charge on any atom is -0.465 e. The Hall–Kier alpha value is -2.24. The molecule has 102 valence electrons. The van der Waals surface area contributed by atoms with E-state index in [1.165, 1.54) is 0 Å². The molecular formula is C13H17N3O3. The molecule has 0 unspecified atom stereocenters. The fourth-order valence-corrected chi connectivity index (χ4v) is 1.40. The molecule has 0 heterocycles. The van der Waals surface area contributed by atoms with E-state index < -0.39 is 5.97 Å². The van der Waals surface area contributed by atoms with Gasteiger partial charge in [-0.15, -0.1) is 0 Å². The van der Waals surface area contributed by atoms with E-state index in [0.717, 1.165) is 0 Å². The van der Waals surface area contributed by atoms with E-state index in [0.29, 0.717) is 24.3 Å². The summed E-state index contributed by atoms with van der Waals surface area (Å²) in [5, 5.41) is 7.30. The molecule has 1 rings (SSSR count). The summed E-state index contributed by atoms with van der Waals surface area (Å²) in [6.45, 7) is 3.68. The first kappa shape index (κ1) is 14.8. The van der Waals surface area contributed by atoms with Crippen molar-refractivity contribution >= 4 is 17.4 Å². The highest BCUT2D eigenvalue weighted by Gasteiger charge is 2.08. The van der Waals surface area contributed by atoms with Gasteiger partial charge in [-0.05, 0) is 19.1 Å². The summed E-state index contributed by atoms with van der Waals surface area (Å²) < 4.78 is 4.70.